The number of aromatic amines is 2. The topological polar surface area (TPSA) is 120 Å². The molecular formula is C29H32FN7O4. The number of carbonyl (C=O) groups is 1. The summed E-state index contributed by atoms with van der Waals surface area (Å²) < 4.78 is 25.3. The number of aromatic nitrogens is 4. The fourth-order valence-corrected chi connectivity index (χ4v) is 6.08. The second kappa shape index (κ2) is 10.8. The monoisotopic (exact) mass is 561 g/mol. The number of methoxy groups -OCH3 is 1. The van der Waals surface area contributed by atoms with Gasteiger partial charge in [0.25, 0.3) is 0 Å². The van der Waals surface area contributed by atoms with Crippen LogP contribution in [0.1, 0.15) is 25.3 Å². The van der Waals surface area contributed by atoms with Crippen LogP contribution in [0.15, 0.2) is 53.7 Å². The van der Waals surface area contributed by atoms with Crippen LogP contribution in [0.2, 0.25) is 0 Å². The highest BCUT2D eigenvalue weighted by Gasteiger charge is 2.44. The Balaban J connectivity index is 1.18. The lowest BCUT2D eigenvalue weighted by molar-refractivity contribution is 0.179. The number of hydrogen-bond acceptors (Lipinski definition) is 8. The van der Waals surface area contributed by atoms with E-state index in [-0.39, 0.29) is 23.3 Å². The molecule has 0 radical (unpaired) electrons. The van der Waals surface area contributed by atoms with Crippen molar-refractivity contribution in [2.24, 2.45) is 5.41 Å². The Bertz CT molecular complexity index is 1640. The molecule has 2 aromatic carbocycles. The third-order valence-corrected chi connectivity index (χ3v) is 8.04. The van der Waals surface area contributed by atoms with Crippen molar-refractivity contribution in [2.75, 3.05) is 49.6 Å². The number of imidazole rings is 1. The second-order valence-corrected chi connectivity index (χ2v) is 10.7. The molecule has 0 bridgehead atoms. The lowest BCUT2D eigenvalue weighted by atomic mass is 9.86. The Morgan fingerprint density at radius 2 is 1.93 bits per heavy atom. The van der Waals surface area contributed by atoms with E-state index in [1.807, 2.05) is 12.1 Å². The number of rotatable bonds is 7. The van der Waals surface area contributed by atoms with Gasteiger partial charge in [-0.05, 0) is 56.1 Å². The molecule has 0 saturated carbocycles. The highest BCUT2D eigenvalue weighted by molar-refractivity contribution is 5.89. The van der Waals surface area contributed by atoms with Gasteiger partial charge in [-0.2, -0.15) is 0 Å². The zero-order valence-electron chi connectivity index (χ0n) is 23.0. The van der Waals surface area contributed by atoms with Crippen LogP contribution in [-0.2, 0) is 11.3 Å². The van der Waals surface area contributed by atoms with Crippen molar-refractivity contribution in [3.63, 3.8) is 0 Å². The molecule has 214 valence electrons. The Morgan fingerprint density at radius 1 is 1.10 bits per heavy atom. The molecule has 0 aliphatic carbocycles. The first-order valence-electron chi connectivity index (χ1n) is 13.7. The van der Waals surface area contributed by atoms with E-state index in [2.05, 4.69) is 35.8 Å². The molecule has 12 heteroatoms. The summed E-state index contributed by atoms with van der Waals surface area (Å²) >= 11 is 0. The van der Waals surface area contributed by atoms with Crippen LogP contribution in [0.5, 0.6) is 11.5 Å². The Kier molecular flexibility index (Phi) is 7.08. The lowest BCUT2D eigenvalue weighted by Gasteiger charge is -2.26. The largest absolute Gasteiger partial charge is 0.452 e. The van der Waals surface area contributed by atoms with Crippen LogP contribution in [0.3, 0.4) is 0 Å². The Morgan fingerprint density at radius 3 is 2.76 bits per heavy atom. The number of hydrogen-bond donors (Lipinski definition) is 2. The summed E-state index contributed by atoms with van der Waals surface area (Å²) in [7, 11) is 1.28. The van der Waals surface area contributed by atoms with Crippen molar-refractivity contribution in [3.05, 3.63) is 70.8 Å². The summed E-state index contributed by atoms with van der Waals surface area (Å²) in [5.41, 5.74) is 2.99. The number of H-pyrrole nitrogens is 2. The maximum absolute atomic E-state index is 14.2. The molecule has 11 nitrogen and oxygen atoms in total. The van der Waals surface area contributed by atoms with Gasteiger partial charge in [0.2, 0.25) is 0 Å². The molecule has 41 heavy (non-hydrogen) atoms. The number of nitrogens with zero attached hydrogens (tertiary/aromatic N) is 5. The number of likely N-dealkylation sites (tertiary alicyclic amines) is 1. The van der Waals surface area contributed by atoms with E-state index in [0.717, 1.165) is 62.2 Å². The van der Waals surface area contributed by atoms with Gasteiger partial charge in [-0.25, -0.2) is 23.9 Å². The minimum Gasteiger partial charge on any atom is -0.452 e. The van der Waals surface area contributed by atoms with Crippen LogP contribution < -0.4 is 20.2 Å². The molecule has 6 rings (SSSR count). The van der Waals surface area contributed by atoms with E-state index in [1.165, 1.54) is 36.5 Å². The molecule has 2 aliphatic heterocycles. The number of benzene rings is 2. The summed E-state index contributed by atoms with van der Waals surface area (Å²) in [6.45, 7) is 6.44. The smallest absolute Gasteiger partial charge is 0.414 e. The predicted molar refractivity (Wildman–Crippen MR) is 152 cm³/mol. The van der Waals surface area contributed by atoms with Crippen molar-refractivity contribution in [2.45, 2.75) is 26.3 Å². The van der Waals surface area contributed by atoms with Gasteiger partial charge in [-0.3, -0.25) is 9.80 Å². The number of anilines is 2. The van der Waals surface area contributed by atoms with Crippen molar-refractivity contribution < 1.29 is 18.7 Å². The van der Waals surface area contributed by atoms with Crippen LogP contribution in [0.4, 0.5) is 20.7 Å². The number of carbonyl (C=O) groups excluding carboxylic acids is 1. The van der Waals surface area contributed by atoms with E-state index in [0.29, 0.717) is 17.3 Å². The summed E-state index contributed by atoms with van der Waals surface area (Å²) in [6, 6.07) is 10.1. The molecule has 4 aromatic rings. The first-order chi connectivity index (χ1) is 19.9. The summed E-state index contributed by atoms with van der Waals surface area (Å²) in [4.78, 5) is 44.3. The highest BCUT2D eigenvalue weighted by Crippen LogP contribution is 2.44. The highest BCUT2D eigenvalue weighted by atomic mass is 19.1. The van der Waals surface area contributed by atoms with Gasteiger partial charge in [0, 0.05) is 44.2 Å². The zero-order valence-corrected chi connectivity index (χ0v) is 23.0. The first kappa shape index (κ1) is 26.8. The lowest BCUT2D eigenvalue weighted by Crippen LogP contribution is -2.31. The van der Waals surface area contributed by atoms with E-state index in [9.17, 15) is 14.0 Å². The second-order valence-electron chi connectivity index (χ2n) is 10.7. The maximum Gasteiger partial charge on any atom is 0.414 e. The van der Waals surface area contributed by atoms with Crippen LogP contribution >= 0.6 is 0 Å². The molecule has 2 N–H and O–H groups in total. The minimum absolute atomic E-state index is 0.125. The molecule has 2 aromatic heterocycles. The quantitative estimate of drug-likeness (QED) is 0.343. The maximum atomic E-state index is 14.2. The Hall–Kier alpha value is -4.45. The molecule has 1 atom stereocenters. The Labute approximate surface area is 235 Å². The SMILES string of the molecule is CCN(C(=O)OC)c1cc(F)ccc1Oc1cncnc1N1CCC2(CCN(Cc3ccc4[nH]c(=O)[nH]c4c3)C2)C1. The molecule has 1 amide bonds. The van der Waals surface area contributed by atoms with Crippen molar-refractivity contribution >= 4 is 28.6 Å². The average Bonchev–Trinajstić information content (AvgIpc) is 3.68. The van der Waals surface area contributed by atoms with E-state index in [4.69, 9.17) is 9.47 Å². The standard InChI is InChI=1S/C29H32FN7O4/c1-3-37(28(39)40-2)23-13-20(30)5-7-24(23)41-25-14-31-18-32-26(25)36-11-9-29(17-36)8-10-35(16-29)15-19-4-6-21-22(12-19)34-27(38)33-21/h4-7,12-14,18H,3,8-11,15-17H2,1-2H3,(H2,33,34,38). The number of fused-ring (bicyclic) bond motifs is 1. The summed E-state index contributed by atoms with van der Waals surface area (Å²) in [5, 5.41) is 0. The third-order valence-electron chi connectivity index (χ3n) is 8.04. The van der Waals surface area contributed by atoms with Gasteiger partial charge < -0.3 is 24.3 Å². The normalized spacial score (nSPS) is 18.9. The van der Waals surface area contributed by atoms with Gasteiger partial charge in [0.15, 0.2) is 17.3 Å². The molecule has 1 unspecified atom stereocenters. The average molecular weight is 562 g/mol. The van der Waals surface area contributed by atoms with Crippen LogP contribution in [0, 0.1) is 11.2 Å². The van der Waals surface area contributed by atoms with Crippen LogP contribution in [0.25, 0.3) is 11.0 Å². The van der Waals surface area contributed by atoms with E-state index >= 15 is 0 Å². The summed E-state index contributed by atoms with van der Waals surface area (Å²) in [5.74, 6) is 0.903. The fraction of sp³-hybridized carbons (Fsp3) is 0.379. The predicted octanol–water partition coefficient (Wildman–Crippen LogP) is 4.27. The molecule has 1 spiro atoms. The molecule has 2 saturated heterocycles. The molecular weight excluding hydrogens is 529 g/mol. The van der Waals surface area contributed by atoms with Gasteiger partial charge >= 0.3 is 11.8 Å². The van der Waals surface area contributed by atoms with Gasteiger partial charge in [-0.1, -0.05) is 6.07 Å². The molecule has 4 heterocycles. The van der Waals surface area contributed by atoms with Gasteiger partial charge in [0.1, 0.15) is 12.1 Å². The third kappa shape index (κ3) is 5.34. The molecule has 2 fully saturated rings. The fourth-order valence-electron chi connectivity index (χ4n) is 6.08. The number of halogens is 1. The summed E-state index contributed by atoms with van der Waals surface area (Å²) in [6.07, 6.45) is 4.57. The van der Waals surface area contributed by atoms with E-state index < -0.39 is 11.9 Å². The number of nitrogens with one attached hydrogen (secondary N) is 2. The molecule has 2 aliphatic rings. The van der Waals surface area contributed by atoms with Gasteiger partial charge in [0.05, 0.1) is 30.0 Å². The van der Waals surface area contributed by atoms with E-state index in [1.54, 1.807) is 13.1 Å². The van der Waals surface area contributed by atoms with Crippen molar-refractivity contribution in [1.82, 2.24) is 24.8 Å². The van der Waals surface area contributed by atoms with Crippen molar-refractivity contribution in [3.8, 4) is 11.5 Å². The van der Waals surface area contributed by atoms with Crippen LogP contribution in [-0.4, -0.2) is 70.8 Å². The van der Waals surface area contributed by atoms with Crippen molar-refractivity contribution in [1.29, 1.82) is 0 Å². The van der Waals surface area contributed by atoms with Gasteiger partial charge in [-0.15, -0.1) is 0 Å². The zero-order chi connectivity index (χ0) is 28.6. The number of ether oxygens (including phenoxy) is 2. The number of amides is 1. The first-order valence-corrected chi connectivity index (χ1v) is 13.7. The minimum atomic E-state index is -0.610.